The van der Waals surface area contributed by atoms with Gasteiger partial charge in [-0.2, -0.15) is 0 Å². The van der Waals surface area contributed by atoms with E-state index in [0.29, 0.717) is 22.6 Å². The predicted octanol–water partition coefficient (Wildman–Crippen LogP) is 5.65. The molecular weight excluding hydrogens is 468 g/mol. The van der Waals surface area contributed by atoms with Crippen molar-refractivity contribution in [1.82, 2.24) is 0 Å². The van der Waals surface area contributed by atoms with E-state index in [9.17, 15) is 19.8 Å². The fourth-order valence-corrected chi connectivity index (χ4v) is 4.67. The number of hydrogen-bond acceptors (Lipinski definition) is 6. The van der Waals surface area contributed by atoms with E-state index < -0.39 is 17.7 Å². The van der Waals surface area contributed by atoms with Gasteiger partial charge in [-0.25, -0.2) is 0 Å². The summed E-state index contributed by atoms with van der Waals surface area (Å²) in [5.41, 5.74) is 2.33. The number of carbonyl (C=O) groups excluding carboxylic acids is 2. The van der Waals surface area contributed by atoms with Gasteiger partial charge in [-0.15, -0.1) is 0 Å². The largest absolute Gasteiger partial charge is 0.508 e. The lowest BCUT2D eigenvalue weighted by atomic mass is 9.95. The van der Waals surface area contributed by atoms with Crippen LogP contribution in [0.15, 0.2) is 78.4 Å². The van der Waals surface area contributed by atoms with E-state index in [-0.39, 0.29) is 23.2 Å². The number of aliphatic hydroxyl groups excluding tert-OH is 1. The molecule has 192 valence electrons. The molecule has 1 amide bonds. The Morgan fingerprint density at radius 2 is 1.65 bits per heavy atom. The quantitative estimate of drug-likeness (QED) is 0.236. The maximum absolute atomic E-state index is 13.4. The summed E-state index contributed by atoms with van der Waals surface area (Å²) in [6.07, 6.45) is -0.0745. The van der Waals surface area contributed by atoms with Gasteiger partial charge in [0.05, 0.1) is 17.7 Å². The van der Waals surface area contributed by atoms with E-state index in [0.717, 1.165) is 18.8 Å². The summed E-state index contributed by atoms with van der Waals surface area (Å²) in [4.78, 5) is 30.3. The number of ketones is 1. The molecule has 3 aromatic rings. The van der Waals surface area contributed by atoms with E-state index >= 15 is 0 Å². The van der Waals surface area contributed by atoms with Crippen molar-refractivity contribution < 1.29 is 24.5 Å². The van der Waals surface area contributed by atoms with Crippen molar-refractivity contribution in [1.29, 1.82) is 0 Å². The summed E-state index contributed by atoms with van der Waals surface area (Å²) >= 11 is 0. The van der Waals surface area contributed by atoms with Gasteiger partial charge >= 0.3 is 0 Å². The summed E-state index contributed by atoms with van der Waals surface area (Å²) in [6.45, 7) is 9.60. The molecule has 1 atom stereocenters. The number of ether oxygens (including phenoxy) is 1. The predicted molar refractivity (Wildman–Crippen MR) is 145 cm³/mol. The third kappa shape index (κ3) is 5.16. The van der Waals surface area contributed by atoms with Gasteiger partial charge in [0.2, 0.25) is 0 Å². The Morgan fingerprint density at radius 1 is 0.973 bits per heavy atom. The van der Waals surface area contributed by atoms with Gasteiger partial charge in [-0.3, -0.25) is 14.5 Å². The monoisotopic (exact) mass is 500 g/mol. The number of carbonyl (C=O) groups is 2. The number of phenolic OH excluding ortho intramolecular Hbond substituents is 1. The van der Waals surface area contributed by atoms with Crippen LogP contribution >= 0.6 is 0 Å². The molecule has 0 aliphatic carbocycles. The van der Waals surface area contributed by atoms with Gasteiger partial charge in [0.15, 0.2) is 0 Å². The second-order valence-corrected chi connectivity index (χ2v) is 9.15. The normalized spacial score (nSPS) is 16.9. The highest BCUT2D eigenvalue weighted by Gasteiger charge is 2.47. The molecule has 0 spiro atoms. The van der Waals surface area contributed by atoms with Crippen molar-refractivity contribution in [3.63, 3.8) is 0 Å². The molecule has 1 unspecified atom stereocenters. The third-order valence-corrected chi connectivity index (χ3v) is 6.37. The summed E-state index contributed by atoms with van der Waals surface area (Å²) in [7, 11) is 0. The average molecular weight is 501 g/mol. The lowest BCUT2D eigenvalue weighted by molar-refractivity contribution is -0.132. The van der Waals surface area contributed by atoms with Crippen molar-refractivity contribution >= 4 is 28.8 Å². The first-order valence-electron chi connectivity index (χ1n) is 12.5. The van der Waals surface area contributed by atoms with Gasteiger partial charge in [0.1, 0.15) is 17.3 Å². The van der Waals surface area contributed by atoms with Crippen molar-refractivity contribution in [3.05, 3.63) is 89.5 Å². The fourth-order valence-electron chi connectivity index (χ4n) is 4.67. The Kier molecular flexibility index (Phi) is 7.53. The maximum Gasteiger partial charge on any atom is 0.300 e. The van der Waals surface area contributed by atoms with E-state index in [4.69, 9.17) is 4.74 Å². The van der Waals surface area contributed by atoms with E-state index in [2.05, 4.69) is 18.7 Å². The zero-order valence-corrected chi connectivity index (χ0v) is 21.5. The van der Waals surface area contributed by atoms with Crippen LogP contribution in [-0.4, -0.2) is 41.1 Å². The number of nitrogens with zero attached hydrogens (tertiary/aromatic N) is 2. The molecule has 7 nitrogen and oxygen atoms in total. The number of anilines is 2. The summed E-state index contributed by atoms with van der Waals surface area (Å²) < 4.78 is 5.75. The molecule has 7 heteroatoms. The van der Waals surface area contributed by atoms with Crippen LogP contribution in [0.5, 0.6) is 11.5 Å². The molecule has 1 fully saturated rings. The van der Waals surface area contributed by atoms with Crippen LogP contribution in [0, 0.1) is 0 Å². The summed E-state index contributed by atoms with van der Waals surface area (Å²) in [5, 5.41) is 21.6. The van der Waals surface area contributed by atoms with Gasteiger partial charge in [0.25, 0.3) is 11.7 Å². The molecule has 1 aliphatic rings. The Balaban J connectivity index is 1.86. The van der Waals surface area contributed by atoms with Crippen LogP contribution in [0.3, 0.4) is 0 Å². The van der Waals surface area contributed by atoms with Crippen LogP contribution < -0.4 is 14.5 Å². The van der Waals surface area contributed by atoms with Crippen LogP contribution in [0.4, 0.5) is 11.4 Å². The SMILES string of the molecule is CCN(CC)c1ccc(N2C(=O)C(=O)/C(=C(\O)c3cccc(OC(C)C)c3)C2c2cccc(O)c2)cc1. The lowest BCUT2D eigenvalue weighted by Crippen LogP contribution is -2.29. The number of phenols is 1. The maximum atomic E-state index is 13.4. The molecule has 0 saturated carbocycles. The minimum Gasteiger partial charge on any atom is -0.508 e. The van der Waals surface area contributed by atoms with E-state index in [1.54, 1.807) is 48.5 Å². The smallest absolute Gasteiger partial charge is 0.300 e. The summed E-state index contributed by atoms with van der Waals surface area (Å²) in [5.74, 6) is -1.32. The zero-order chi connectivity index (χ0) is 26.7. The number of benzene rings is 3. The number of rotatable bonds is 8. The molecular formula is C30H32N2O5. The highest BCUT2D eigenvalue weighted by Crippen LogP contribution is 2.43. The van der Waals surface area contributed by atoms with Crippen molar-refractivity contribution in [2.45, 2.75) is 39.8 Å². The minimum atomic E-state index is -0.930. The minimum absolute atomic E-state index is 0.00713. The van der Waals surface area contributed by atoms with Crippen LogP contribution in [-0.2, 0) is 9.59 Å². The Hall–Kier alpha value is -4.26. The van der Waals surface area contributed by atoms with Crippen molar-refractivity contribution in [3.8, 4) is 11.5 Å². The van der Waals surface area contributed by atoms with Crippen molar-refractivity contribution in [2.24, 2.45) is 0 Å². The van der Waals surface area contributed by atoms with Gasteiger partial charge < -0.3 is 19.8 Å². The molecule has 0 radical (unpaired) electrons. The van der Waals surface area contributed by atoms with Crippen LogP contribution in [0.1, 0.15) is 44.9 Å². The topological polar surface area (TPSA) is 90.3 Å². The summed E-state index contributed by atoms with van der Waals surface area (Å²) in [6, 6.07) is 19.7. The molecule has 2 N–H and O–H groups in total. The first-order valence-corrected chi connectivity index (χ1v) is 12.5. The average Bonchev–Trinajstić information content (AvgIpc) is 3.15. The second kappa shape index (κ2) is 10.8. The molecule has 4 rings (SSSR count). The second-order valence-electron chi connectivity index (χ2n) is 9.15. The molecule has 1 aliphatic heterocycles. The van der Waals surface area contributed by atoms with Gasteiger partial charge in [-0.05, 0) is 81.8 Å². The molecule has 1 heterocycles. The number of aromatic hydroxyl groups is 1. The van der Waals surface area contributed by atoms with Crippen LogP contribution in [0.2, 0.25) is 0 Å². The highest BCUT2D eigenvalue weighted by molar-refractivity contribution is 6.51. The zero-order valence-electron chi connectivity index (χ0n) is 21.5. The van der Waals surface area contributed by atoms with E-state index in [1.807, 2.05) is 26.0 Å². The number of Topliss-reactive ketones (excluding diaryl/α,β-unsaturated/α-hetero) is 1. The first kappa shape index (κ1) is 25.8. The Morgan fingerprint density at radius 3 is 2.27 bits per heavy atom. The molecule has 1 saturated heterocycles. The number of hydrogen-bond donors (Lipinski definition) is 2. The van der Waals surface area contributed by atoms with E-state index in [1.165, 1.54) is 17.0 Å². The standard InChI is InChI=1S/C30H32N2O5/c1-5-31(6-2)22-13-15-23(16-14-22)32-27(20-9-7-11-24(33)17-20)26(29(35)30(32)36)28(34)21-10-8-12-25(18-21)37-19(3)4/h7-19,27,33-34H,5-6H2,1-4H3/b28-26-. The fraction of sp³-hybridized carbons (Fsp3) is 0.267. The molecule has 37 heavy (non-hydrogen) atoms. The first-order chi connectivity index (χ1) is 17.7. The molecule has 3 aromatic carbocycles. The lowest BCUT2D eigenvalue weighted by Gasteiger charge is -2.27. The van der Waals surface area contributed by atoms with Crippen molar-refractivity contribution in [2.75, 3.05) is 22.9 Å². The number of aliphatic hydroxyl groups is 1. The van der Waals surface area contributed by atoms with Gasteiger partial charge in [-0.1, -0.05) is 24.3 Å². The Bertz CT molecular complexity index is 1330. The van der Waals surface area contributed by atoms with Crippen LogP contribution in [0.25, 0.3) is 5.76 Å². The number of amides is 1. The molecule has 0 bridgehead atoms. The molecule has 0 aromatic heterocycles. The van der Waals surface area contributed by atoms with Gasteiger partial charge in [0, 0.05) is 30.0 Å². The Labute approximate surface area is 217 Å². The third-order valence-electron chi connectivity index (χ3n) is 6.37. The highest BCUT2D eigenvalue weighted by atomic mass is 16.5.